The SMILES string of the molecule is NC(c1cn[nH]c1)c1ccsn1. The summed E-state index contributed by atoms with van der Waals surface area (Å²) in [6.45, 7) is 0. The van der Waals surface area contributed by atoms with Crippen LogP contribution in [0.3, 0.4) is 0 Å². The maximum Gasteiger partial charge on any atom is 0.0768 e. The second kappa shape index (κ2) is 3.04. The molecule has 2 aromatic heterocycles. The smallest absolute Gasteiger partial charge is 0.0768 e. The van der Waals surface area contributed by atoms with E-state index in [1.165, 1.54) is 11.5 Å². The largest absolute Gasteiger partial charge is 0.319 e. The van der Waals surface area contributed by atoms with Crippen LogP contribution in [-0.4, -0.2) is 14.6 Å². The molecule has 0 spiro atoms. The third kappa shape index (κ3) is 1.24. The van der Waals surface area contributed by atoms with Crippen molar-refractivity contribution >= 4 is 11.5 Å². The van der Waals surface area contributed by atoms with Crippen LogP contribution in [0.5, 0.6) is 0 Å². The van der Waals surface area contributed by atoms with E-state index in [1.807, 2.05) is 11.4 Å². The highest BCUT2D eigenvalue weighted by Gasteiger charge is 2.10. The number of H-pyrrole nitrogens is 1. The Bertz CT molecular complexity index is 292. The number of hydrogen-bond donors (Lipinski definition) is 2. The predicted octanol–water partition coefficient (Wildman–Crippen LogP) is 0.914. The van der Waals surface area contributed by atoms with Crippen molar-refractivity contribution in [1.29, 1.82) is 0 Å². The molecule has 0 aromatic carbocycles. The Kier molecular flexibility index (Phi) is 1.89. The molecule has 0 aliphatic rings. The summed E-state index contributed by atoms with van der Waals surface area (Å²) in [7, 11) is 0. The minimum atomic E-state index is -0.157. The summed E-state index contributed by atoms with van der Waals surface area (Å²) < 4.78 is 4.15. The van der Waals surface area contributed by atoms with Gasteiger partial charge in [-0.1, -0.05) is 0 Å². The Morgan fingerprint density at radius 3 is 3.08 bits per heavy atom. The van der Waals surface area contributed by atoms with Gasteiger partial charge in [-0.15, -0.1) is 0 Å². The van der Waals surface area contributed by atoms with E-state index in [2.05, 4.69) is 14.6 Å². The molecule has 0 saturated heterocycles. The Hall–Kier alpha value is -1.20. The fourth-order valence-electron chi connectivity index (χ4n) is 0.984. The van der Waals surface area contributed by atoms with E-state index in [0.29, 0.717) is 0 Å². The molecule has 1 atom stereocenters. The molecular formula is C7H8N4S. The molecule has 5 heteroatoms. The fourth-order valence-corrected chi connectivity index (χ4v) is 1.54. The van der Waals surface area contributed by atoms with Crippen molar-refractivity contribution < 1.29 is 0 Å². The summed E-state index contributed by atoms with van der Waals surface area (Å²) in [6, 6.07) is 1.76. The lowest BCUT2D eigenvalue weighted by molar-refractivity contribution is 0.847. The minimum absolute atomic E-state index is 0.157. The summed E-state index contributed by atoms with van der Waals surface area (Å²) >= 11 is 1.40. The first kappa shape index (κ1) is 7.45. The third-order valence-electron chi connectivity index (χ3n) is 1.65. The summed E-state index contributed by atoms with van der Waals surface area (Å²) in [6.07, 6.45) is 3.49. The number of aromatic nitrogens is 3. The Balaban J connectivity index is 2.27. The molecule has 1 unspecified atom stereocenters. The zero-order valence-electron chi connectivity index (χ0n) is 6.27. The van der Waals surface area contributed by atoms with Gasteiger partial charge in [0.05, 0.1) is 17.9 Å². The van der Waals surface area contributed by atoms with Crippen molar-refractivity contribution in [2.24, 2.45) is 5.73 Å². The lowest BCUT2D eigenvalue weighted by Gasteiger charge is -2.03. The van der Waals surface area contributed by atoms with Crippen molar-refractivity contribution in [3.8, 4) is 0 Å². The van der Waals surface area contributed by atoms with Gasteiger partial charge in [-0.25, -0.2) is 0 Å². The fraction of sp³-hybridized carbons (Fsp3) is 0.143. The van der Waals surface area contributed by atoms with Crippen LogP contribution in [0, 0.1) is 0 Å². The van der Waals surface area contributed by atoms with Gasteiger partial charge < -0.3 is 5.73 Å². The van der Waals surface area contributed by atoms with Crippen LogP contribution in [-0.2, 0) is 0 Å². The number of nitrogens with zero attached hydrogens (tertiary/aromatic N) is 2. The zero-order valence-corrected chi connectivity index (χ0v) is 7.08. The molecule has 0 aliphatic carbocycles. The molecule has 2 aromatic rings. The molecule has 2 heterocycles. The molecule has 0 saturated carbocycles. The topological polar surface area (TPSA) is 67.6 Å². The van der Waals surface area contributed by atoms with Gasteiger partial charge in [0.15, 0.2) is 0 Å². The zero-order chi connectivity index (χ0) is 8.39. The lowest BCUT2D eigenvalue weighted by Crippen LogP contribution is -2.10. The predicted molar refractivity (Wildman–Crippen MR) is 46.7 cm³/mol. The second-order valence-electron chi connectivity index (χ2n) is 2.43. The summed E-state index contributed by atoms with van der Waals surface area (Å²) in [5.41, 5.74) is 7.74. The Labute approximate surface area is 73.6 Å². The van der Waals surface area contributed by atoms with Crippen molar-refractivity contribution in [1.82, 2.24) is 14.6 Å². The van der Waals surface area contributed by atoms with Gasteiger partial charge in [0.1, 0.15) is 0 Å². The van der Waals surface area contributed by atoms with Crippen LogP contribution < -0.4 is 5.73 Å². The van der Waals surface area contributed by atoms with Crippen LogP contribution in [0.15, 0.2) is 23.8 Å². The van der Waals surface area contributed by atoms with E-state index in [9.17, 15) is 0 Å². The summed E-state index contributed by atoms with van der Waals surface area (Å²) in [5, 5.41) is 8.45. The van der Waals surface area contributed by atoms with Crippen LogP contribution in [0.25, 0.3) is 0 Å². The van der Waals surface area contributed by atoms with Crippen molar-refractivity contribution in [2.75, 3.05) is 0 Å². The van der Waals surface area contributed by atoms with Gasteiger partial charge in [-0.05, 0) is 17.6 Å². The van der Waals surface area contributed by atoms with E-state index in [1.54, 1.807) is 12.4 Å². The Morgan fingerprint density at radius 2 is 2.50 bits per heavy atom. The Morgan fingerprint density at radius 1 is 1.58 bits per heavy atom. The van der Waals surface area contributed by atoms with Gasteiger partial charge in [0.2, 0.25) is 0 Å². The van der Waals surface area contributed by atoms with Crippen molar-refractivity contribution in [2.45, 2.75) is 6.04 Å². The molecule has 2 rings (SSSR count). The minimum Gasteiger partial charge on any atom is -0.319 e. The van der Waals surface area contributed by atoms with Crippen LogP contribution in [0.2, 0.25) is 0 Å². The number of nitrogens with two attached hydrogens (primary N) is 1. The van der Waals surface area contributed by atoms with E-state index < -0.39 is 0 Å². The highest BCUT2D eigenvalue weighted by molar-refractivity contribution is 7.03. The summed E-state index contributed by atoms with van der Waals surface area (Å²) in [5.74, 6) is 0. The maximum atomic E-state index is 5.89. The molecule has 0 radical (unpaired) electrons. The van der Waals surface area contributed by atoms with Crippen LogP contribution in [0.4, 0.5) is 0 Å². The number of hydrogen-bond acceptors (Lipinski definition) is 4. The van der Waals surface area contributed by atoms with Gasteiger partial charge in [-0.2, -0.15) is 9.47 Å². The first-order valence-corrected chi connectivity index (χ1v) is 4.36. The highest BCUT2D eigenvalue weighted by Crippen LogP contribution is 2.16. The van der Waals surface area contributed by atoms with E-state index in [-0.39, 0.29) is 6.04 Å². The van der Waals surface area contributed by atoms with E-state index in [4.69, 9.17) is 5.73 Å². The average Bonchev–Trinajstić information content (AvgIpc) is 2.77. The molecule has 0 aliphatic heterocycles. The van der Waals surface area contributed by atoms with Crippen LogP contribution in [0.1, 0.15) is 17.3 Å². The van der Waals surface area contributed by atoms with Gasteiger partial charge in [-0.3, -0.25) is 5.10 Å². The summed E-state index contributed by atoms with van der Waals surface area (Å²) in [4.78, 5) is 0. The van der Waals surface area contributed by atoms with Gasteiger partial charge in [0, 0.05) is 17.1 Å². The van der Waals surface area contributed by atoms with Crippen molar-refractivity contribution in [3.63, 3.8) is 0 Å². The molecule has 12 heavy (non-hydrogen) atoms. The molecular weight excluding hydrogens is 172 g/mol. The normalized spacial score (nSPS) is 13.1. The highest BCUT2D eigenvalue weighted by atomic mass is 32.1. The van der Waals surface area contributed by atoms with Gasteiger partial charge in [0.25, 0.3) is 0 Å². The molecule has 0 amide bonds. The van der Waals surface area contributed by atoms with Gasteiger partial charge >= 0.3 is 0 Å². The first-order valence-electron chi connectivity index (χ1n) is 3.52. The third-order valence-corrected chi connectivity index (χ3v) is 2.23. The number of nitrogens with one attached hydrogen (secondary N) is 1. The van der Waals surface area contributed by atoms with E-state index in [0.717, 1.165) is 11.3 Å². The molecule has 62 valence electrons. The average molecular weight is 180 g/mol. The second-order valence-corrected chi connectivity index (χ2v) is 3.10. The molecule has 0 bridgehead atoms. The van der Waals surface area contributed by atoms with Crippen LogP contribution >= 0.6 is 11.5 Å². The van der Waals surface area contributed by atoms with Crippen molar-refractivity contribution in [3.05, 3.63) is 35.1 Å². The molecule has 0 fully saturated rings. The first-order chi connectivity index (χ1) is 5.88. The monoisotopic (exact) mass is 180 g/mol. The lowest BCUT2D eigenvalue weighted by atomic mass is 10.1. The maximum absolute atomic E-state index is 5.89. The standard InChI is InChI=1S/C7H8N4S/c8-7(5-3-9-10-4-5)6-1-2-12-11-6/h1-4,7H,8H2,(H,9,10). The van der Waals surface area contributed by atoms with E-state index >= 15 is 0 Å². The molecule has 4 nitrogen and oxygen atoms in total. The number of aromatic amines is 1. The number of rotatable bonds is 2. The molecule has 3 N–H and O–H groups in total. The quantitative estimate of drug-likeness (QED) is 0.722.